The van der Waals surface area contributed by atoms with Crippen molar-refractivity contribution in [2.75, 3.05) is 16.4 Å². The van der Waals surface area contributed by atoms with E-state index in [9.17, 15) is 24.0 Å². The summed E-state index contributed by atoms with van der Waals surface area (Å²) >= 11 is 0. The molecule has 4 amide bonds. The largest absolute Gasteiger partial charge is 0.463 e. The van der Waals surface area contributed by atoms with Crippen LogP contribution in [0.5, 0.6) is 0 Å². The lowest BCUT2D eigenvalue weighted by molar-refractivity contribution is -0.155. The van der Waals surface area contributed by atoms with Crippen LogP contribution in [-0.2, 0) is 28.7 Å². The fourth-order valence-electron chi connectivity index (χ4n) is 9.09. The van der Waals surface area contributed by atoms with Gasteiger partial charge in [-0.3, -0.25) is 19.2 Å². The maximum Gasteiger partial charge on any atom is 0.334 e. The minimum absolute atomic E-state index is 0.0998. The van der Waals surface area contributed by atoms with Crippen molar-refractivity contribution >= 4 is 62.5 Å². The predicted molar refractivity (Wildman–Crippen MR) is 168 cm³/mol. The number of hydrogen-bond donors (Lipinski definition) is 0. The highest BCUT2D eigenvalue weighted by atomic mass is 16.5. The number of allylic oxidation sites excluding steroid dienone is 1. The third-order valence-electron chi connectivity index (χ3n) is 10.7. The summed E-state index contributed by atoms with van der Waals surface area (Å²) in [7, 11) is 0. The normalized spacial score (nSPS) is 28.8. The lowest BCUT2D eigenvalue weighted by Gasteiger charge is -2.55. The lowest BCUT2D eigenvalue weighted by Crippen LogP contribution is -2.61. The van der Waals surface area contributed by atoms with Crippen LogP contribution in [0, 0.1) is 35.0 Å². The molecule has 2 heterocycles. The molecule has 9 rings (SSSR count). The number of imide groups is 2. The summed E-state index contributed by atoms with van der Waals surface area (Å²) in [6.45, 7) is 5.26. The summed E-state index contributed by atoms with van der Waals surface area (Å²) in [6.07, 6.45) is 0. The summed E-state index contributed by atoms with van der Waals surface area (Å²) in [4.78, 5) is 74.5. The first-order valence-electron chi connectivity index (χ1n) is 15.3. The Labute approximate surface area is 259 Å². The molecule has 0 spiro atoms. The van der Waals surface area contributed by atoms with Gasteiger partial charge in [-0.2, -0.15) is 0 Å². The van der Waals surface area contributed by atoms with Gasteiger partial charge in [0.25, 0.3) is 0 Å². The van der Waals surface area contributed by atoms with Crippen molar-refractivity contribution in [2.24, 2.45) is 35.0 Å². The molecule has 2 saturated heterocycles. The number of nitrogens with zero attached hydrogens (tertiary/aromatic N) is 2. The van der Waals surface area contributed by atoms with E-state index in [1.165, 1.54) is 9.80 Å². The molecule has 5 aliphatic rings. The van der Waals surface area contributed by atoms with Crippen LogP contribution in [0.15, 0.2) is 96.1 Å². The second-order valence-corrected chi connectivity index (χ2v) is 12.6. The van der Waals surface area contributed by atoms with Crippen molar-refractivity contribution in [2.45, 2.75) is 20.8 Å². The fourth-order valence-corrected chi connectivity index (χ4v) is 9.09. The Morgan fingerprint density at radius 1 is 0.667 bits per heavy atom. The van der Waals surface area contributed by atoms with Crippen molar-refractivity contribution < 1.29 is 28.7 Å². The zero-order valence-corrected chi connectivity index (χ0v) is 25.0. The summed E-state index contributed by atoms with van der Waals surface area (Å²) in [5, 5.41) is 3.22. The zero-order chi connectivity index (χ0) is 31.4. The molecule has 0 N–H and O–H groups in total. The minimum atomic E-state index is -1.46. The van der Waals surface area contributed by atoms with Gasteiger partial charge in [-0.1, -0.05) is 85.3 Å². The van der Waals surface area contributed by atoms with E-state index in [4.69, 9.17) is 4.74 Å². The maximum atomic E-state index is 14.6. The van der Waals surface area contributed by atoms with Crippen LogP contribution in [-0.4, -0.2) is 36.2 Å². The van der Waals surface area contributed by atoms with Gasteiger partial charge in [0.05, 0.1) is 41.7 Å². The van der Waals surface area contributed by atoms with Crippen molar-refractivity contribution in [3.8, 4) is 0 Å². The Balaban J connectivity index is 1.33. The average Bonchev–Trinajstić information content (AvgIpc) is 3.46. The summed E-state index contributed by atoms with van der Waals surface area (Å²) in [6, 6.07) is 25.9. The number of rotatable bonds is 4. The van der Waals surface area contributed by atoms with E-state index in [0.717, 1.165) is 21.5 Å². The first kappa shape index (κ1) is 27.4. The van der Waals surface area contributed by atoms with Crippen molar-refractivity contribution in [3.63, 3.8) is 0 Å². The number of hydrogen-bond acceptors (Lipinski definition) is 6. The molecule has 3 aliphatic carbocycles. The SMILES string of the molecule is CCOC(=O)C1=C(C)C2[C@@H]3C(=O)N(c4cccc5ccccc45)C(=O)[C@H]3C1(C)[C@H]1C(=O)N(c3cccc4ccccc34)C(=O)[C@@H]21. The van der Waals surface area contributed by atoms with Gasteiger partial charge in [0.1, 0.15) is 0 Å². The van der Waals surface area contributed by atoms with Crippen LogP contribution in [0.2, 0.25) is 0 Å². The summed E-state index contributed by atoms with van der Waals surface area (Å²) < 4.78 is 5.51. The topological polar surface area (TPSA) is 101 Å². The Bertz CT molecular complexity index is 1930. The van der Waals surface area contributed by atoms with Gasteiger partial charge in [0, 0.05) is 27.7 Å². The number of benzene rings is 4. The van der Waals surface area contributed by atoms with Crippen molar-refractivity contribution in [1.29, 1.82) is 0 Å². The highest BCUT2D eigenvalue weighted by Gasteiger charge is 2.77. The molecular formula is C37H30N2O6. The first-order chi connectivity index (χ1) is 21.7. The van der Waals surface area contributed by atoms with Crippen LogP contribution in [0.25, 0.3) is 21.5 Å². The zero-order valence-electron chi connectivity index (χ0n) is 25.0. The Kier molecular flexibility index (Phi) is 5.76. The Morgan fingerprint density at radius 2 is 1.11 bits per heavy atom. The molecule has 6 atom stereocenters. The molecule has 2 aliphatic heterocycles. The van der Waals surface area contributed by atoms with Crippen LogP contribution >= 0.6 is 0 Å². The number of anilines is 2. The summed E-state index contributed by atoms with van der Waals surface area (Å²) in [5.41, 5.74) is 0.226. The number of carbonyl (C=O) groups excluding carboxylic acids is 5. The molecule has 0 radical (unpaired) electrons. The molecule has 8 nitrogen and oxygen atoms in total. The molecule has 2 bridgehead atoms. The summed E-state index contributed by atoms with van der Waals surface area (Å²) in [5.74, 6) is -7.08. The molecule has 4 aromatic rings. The molecule has 1 saturated carbocycles. The minimum Gasteiger partial charge on any atom is -0.463 e. The maximum absolute atomic E-state index is 14.6. The van der Waals surface area contributed by atoms with Gasteiger partial charge in [0.2, 0.25) is 23.6 Å². The molecule has 8 heteroatoms. The van der Waals surface area contributed by atoms with Gasteiger partial charge < -0.3 is 4.74 Å². The third kappa shape index (κ3) is 3.34. The Hall–Kier alpha value is -5.11. The molecule has 0 aromatic heterocycles. The number of carbonyl (C=O) groups is 5. The molecule has 224 valence electrons. The smallest absolute Gasteiger partial charge is 0.334 e. The predicted octanol–water partition coefficient (Wildman–Crippen LogP) is 5.43. The molecule has 2 unspecified atom stereocenters. The van der Waals surface area contributed by atoms with E-state index >= 15 is 0 Å². The van der Waals surface area contributed by atoms with E-state index in [2.05, 4.69) is 0 Å². The monoisotopic (exact) mass is 598 g/mol. The Morgan fingerprint density at radius 3 is 1.58 bits per heavy atom. The second kappa shape index (κ2) is 9.44. The van der Waals surface area contributed by atoms with E-state index in [-0.39, 0.29) is 12.2 Å². The van der Waals surface area contributed by atoms with Gasteiger partial charge >= 0.3 is 5.97 Å². The first-order valence-corrected chi connectivity index (χ1v) is 15.3. The third-order valence-corrected chi connectivity index (χ3v) is 10.7. The van der Waals surface area contributed by atoms with Gasteiger partial charge in [-0.15, -0.1) is 0 Å². The number of esters is 1. The molecular weight excluding hydrogens is 568 g/mol. The van der Waals surface area contributed by atoms with E-state index < -0.39 is 64.6 Å². The van der Waals surface area contributed by atoms with Crippen LogP contribution in [0.3, 0.4) is 0 Å². The van der Waals surface area contributed by atoms with Crippen LogP contribution < -0.4 is 9.80 Å². The lowest BCUT2D eigenvalue weighted by atomic mass is 9.43. The number of amides is 4. The number of fused-ring (bicyclic) bond motifs is 2. The van der Waals surface area contributed by atoms with Crippen molar-refractivity contribution in [1.82, 2.24) is 0 Å². The highest BCUT2D eigenvalue weighted by molar-refractivity contribution is 6.30. The van der Waals surface area contributed by atoms with Crippen LogP contribution in [0.4, 0.5) is 11.4 Å². The fraction of sp³-hybridized carbons (Fsp3) is 0.270. The molecule has 4 aromatic carbocycles. The number of ether oxygens (including phenoxy) is 1. The van der Waals surface area contributed by atoms with Gasteiger partial charge in [-0.05, 0) is 36.8 Å². The van der Waals surface area contributed by atoms with Crippen molar-refractivity contribution in [3.05, 3.63) is 96.1 Å². The highest BCUT2D eigenvalue weighted by Crippen LogP contribution is 2.69. The van der Waals surface area contributed by atoms with E-state index in [0.29, 0.717) is 16.9 Å². The van der Waals surface area contributed by atoms with E-state index in [1.54, 1.807) is 45.0 Å². The van der Waals surface area contributed by atoms with Gasteiger partial charge in [0.15, 0.2) is 0 Å². The van der Waals surface area contributed by atoms with Crippen LogP contribution in [0.1, 0.15) is 20.8 Å². The van der Waals surface area contributed by atoms with Gasteiger partial charge in [-0.25, -0.2) is 14.6 Å². The molecule has 3 fully saturated rings. The average molecular weight is 599 g/mol. The second-order valence-electron chi connectivity index (χ2n) is 12.6. The van der Waals surface area contributed by atoms with E-state index in [1.807, 2.05) is 60.7 Å². The quantitative estimate of drug-likeness (QED) is 0.229. The standard InChI is InChI=1S/C37H30N2O6/c1-4-45-36(44)29-19(2)26-27-30(34(42)38(32(27)40)24-17-9-13-20-11-5-7-15-22(20)24)37(29,3)31-28(26)33(41)39(35(31)43)25-18-10-14-21-12-6-8-16-23(21)25/h5-18,26-28,30-31H,4H2,1-3H3/t26?,27-,28-,30-,31+,37?/m0/s1. The molecule has 45 heavy (non-hydrogen) atoms.